The lowest BCUT2D eigenvalue weighted by molar-refractivity contribution is -0.123. The van der Waals surface area contributed by atoms with Crippen LogP contribution in [0.3, 0.4) is 0 Å². The fraction of sp³-hybridized carbons (Fsp3) is 0.320. The van der Waals surface area contributed by atoms with E-state index >= 15 is 0 Å². The predicted molar refractivity (Wildman–Crippen MR) is 122 cm³/mol. The number of amides is 2. The van der Waals surface area contributed by atoms with E-state index in [-0.39, 0.29) is 24.1 Å². The second-order valence-electron chi connectivity index (χ2n) is 8.90. The van der Waals surface area contributed by atoms with Crippen LogP contribution >= 0.6 is 0 Å². The van der Waals surface area contributed by atoms with Crippen LogP contribution in [0.4, 0.5) is 10.1 Å². The van der Waals surface area contributed by atoms with Gasteiger partial charge in [-0.05, 0) is 66.6 Å². The van der Waals surface area contributed by atoms with Gasteiger partial charge in [-0.3, -0.25) is 19.3 Å². The molecule has 2 amide bonds. The number of nitrogens with zero attached hydrogens (tertiary/aromatic N) is 5. The van der Waals surface area contributed by atoms with Gasteiger partial charge in [0.2, 0.25) is 5.91 Å². The summed E-state index contributed by atoms with van der Waals surface area (Å²) in [6, 6.07) is 10.1. The third kappa shape index (κ3) is 3.92. The lowest BCUT2D eigenvalue weighted by Crippen LogP contribution is -2.35. The van der Waals surface area contributed by atoms with E-state index in [0.29, 0.717) is 29.8 Å². The van der Waals surface area contributed by atoms with Gasteiger partial charge < -0.3 is 10.2 Å². The van der Waals surface area contributed by atoms with Crippen molar-refractivity contribution in [2.24, 2.45) is 18.4 Å². The highest BCUT2D eigenvalue weighted by Gasteiger charge is 2.56. The summed E-state index contributed by atoms with van der Waals surface area (Å²) in [5.41, 5.74) is 1.79. The van der Waals surface area contributed by atoms with E-state index in [4.69, 9.17) is 0 Å². The number of aryl methyl sites for hydroxylation is 1. The molecule has 1 saturated heterocycles. The number of nitriles is 1. The Hall–Kier alpha value is -4.06. The van der Waals surface area contributed by atoms with Crippen LogP contribution in [0, 0.1) is 28.5 Å². The van der Waals surface area contributed by atoms with E-state index in [1.165, 1.54) is 18.3 Å². The molecular weight excluding hydrogens is 435 g/mol. The Morgan fingerprint density at radius 3 is 2.82 bits per heavy atom. The number of anilines is 1. The first-order valence-corrected chi connectivity index (χ1v) is 11.2. The van der Waals surface area contributed by atoms with Gasteiger partial charge >= 0.3 is 0 Å². The Labute approximate surface area is 196 Å². The number of halogens is 1. The van der Waals surface area contributed by atoms with Crippen LogP contribution in [0.1, 0.15) is 35.3 Å². The van der Waals surface area contributed by atoms with Crippen LogP contribution in [-0.4, -0.2) is 33.1 Å². The Kier molecular flexibility index (Phi) is 5.36. The lowest BCUT2D eigenvalue weighted by atomic mass is 9.83. The zero-order valence-corrected chi connectivity index (χ0v) is 18.7. The summed E-state index contributed by atoms with van der Waals surface area (Å²) in [6.07, 6.45) is 7.21. The van der Waals surface area contributed by atoms with Crippen molar-refractivity contribution in [3.8, 4) is 17.2 Å². The first-order chi connectivity index (χ1) is 16.4. The molecule has 172 valence electrons. The largest absolute Gasteiger partial charge is 0.347 e. The second-order valence-corrected chi connectivity index (χ2v) is 8.90. The van der Waals surface area contributed by atoms with Crippen molar-refractivity contribution in [1.29, 1.82) is 5.26 Å². The summed E-state index contributed by atoms with van der Waals surface area (Å²) in [5, 5.41) is 16.6. The van der Waals surface area contributed by atoms with Crippen molar-refractivity contribution >= 4 is 17.5 Å². The minimum absolute atomic E-state index is 0.109. The minimum Gasteiger partial charge on any atom is -0.347 e. The van der Waals surface area contributed by atoms with Crippen molar-refractivity contribution < 1.29 is 14.0 Å². The Morgan fingerprint density at radius 2 is 2.12 bits per heavy atom. The molecule has 1 atom stereocenters. The van der Waals surface area contributed by atoms with Crippen molar-refractivity contribution in [2.45, 2.75) is 25.8 Å². The van der Waals surface area contributed by atoms with E-state index in [0.717, 1.165) is 18.4 Å². The zero-order valence-electron chi connectivity index (χ0n) is 18.7. The molecule has 0 unspecified atom stereocenters. The average molecular weight is 458 g/mol. The molecule has 34 heavy (non-hydrogen) atoms. The number of hydrogen-bond donors (Lipinski definition) is 1. The number of carbonyl (C=O) groups excluding carboxylic acids is 2. The standard InChI is InChI=1S/C25H23FN6O2/c1-31-14-18(13-30-31)17-8-16(9-20(26)10-17)12-29-23(33)22-11-21(4-6-28-22)32-7-5-25(15-27,24(32)34)19-2-3-19/h4,6,8-11,13-14,19H,2-3,5,7,12H2,1H3,(H,29,33)/t25-/m1/s1. The smallest absolute Gasteiger partial charge is 0.270 e. The molecule has 2 aliphatic rings. The fourth-order valence-corrected chi connectivity index (χ4v) is 4.61. The van der Waals surface area contributed by atoms with Gasteiger partial charge in [0.1, 0.15) is 16.9 Å². The highest BCUT2D eigenvalue weighted by molar-refractivity contribution is 6.03. The van der Waals surface area contributed by atoms with E-state index in [9.17, 15) is 19.2 Å². The number of nitrogens with one attached hydrogen (secondary N) is 1. The van der Waals surface area contributed by atoms with Crippen molar-refractivity contribution in [3.63, 3.8) is 0 Å². The number of pyridine rings is 1. The quantitative estimate of drug-likeness (QED) is 0.611. The van der Waals surface area contributed by atoms with Gasteiger partial charge in [-0.2, -0.15) is 10.4 Å². The molecule has 9 heteroatoms. The predicted octanol–water partition coefficient (Wildman–Crippen LogP) is 3.21. The molecule has 3 aromatic rings. The van der Waals surface area contributed by atoms with Crippen molar-refractivity contribution in [3.05, 3.63) is 66.0 Å². The summed E-state index contributed by atoms with van der Waals surface area (Å²) in [6.45, 7) is 0.548. The summed E-state index contributed by atoms with van der Waals surface area (Å²) in [4.78, 5) is 31.5. The average Bonchev–Trinajstić information content (AvgIpc) is 3.51. The van der Waals surface area contributed by atoms with Crippen LogP contribution in [-0.2, 0) is 18.4 Å². The maximum absolute atomic E-state index is 14.2. The molecule has 1 aliphatic heterocycles. The Balaban J connectivity index is 1.29. The third-order valence-corrected chi connectivity index (χ3v) is 6.57. The molecule has 0 radical (unpaired) electrons. The Morgan fingerprint density at radius 1 is 1.29 bits per heavy atom. The van der Waals surface area contributed by atoms with Crippen LogP contribution in [0.2, 0.25) is 0 Å². The number of hydrogen-bond acceptors (Lipinski definition) is 5. The van der Waals surface area contributed by atoms with Crippen LogP contribution < -0.4 is 10.2 Å². The number of aromatic nitrogens is 3. The van der Waals surface area contributed by atoms with Gasteiger partial charge in [0.05, 0.1) is 12.3 Å². The molecule has 0 bridgehead atoms. The molecule has 0 spiro atoms. The maximum Gasteiger partial charge on any atom is 0.270 e. The SMILES string of the molecule is Cn1cc(-c2cc(F)cc(CNC(=O)c3cc(N4CC[C@@](C#N)(C5CC5)C4=O)ccn3)c2)cn1. The van der Waals surface area contributed by atoms with Gasteiger partial charge in [-0.1, -0.05) is 0 Å². The first-order valence-electron chi connectivity index (χ1n) is 11.2. The molecule has 8 nitrogen and oxygen atoms in total. The van der Waals surface area contributed by atoms with E-state index in [2.05, 4.69) is 21.5 Å². The van der Waals surface area contributed by atoms with Crippen LogP contribution in [0.5, 0.6) is 0 Å². The second kappa shape index (κ2) is 8.37. The highest BCUT2D eigenvalue weighted by Crippen LogP contribution is 2.51. The monoisotopic (exact) mass is 458 g/mol. The van der Waals surface area contributed by atoms with Crippen LogP contribution in [0.25, 0.3) is 11.1 Å². The molecule has 1 aliphatic carbocycles. The molecular formula is C25H23FN6O2. The first kappa shape index (κ1) is 21.8. The summed E-state index contributed by atoms with van der Waals surface area (Å²) < 4.78 is 15.8. The van der Waals surface area contributed by atoms with E-state index in [1.807, 2.05) is 0 Å². The molecule has 5 rings (SSSR count). The number of rotatable bonds is 6. The minimum atomic E-state index is -0.949. The highest BCUT2D eigenvalue weighted by atomic mass is 19.1. The van der Waals surface area contributed by atoms with Gasteiger partial charge in [0.25, 0.3) is 5.91 Å². The Bertz CT molecular complexity index is 1320. The topological polar surface area (TPSA) is 104 Å². The van der Waals surface area contributed by atoms with Crippen molar-refractivity contribution in [2.75, 3.05) is 11.4 Å². The van der Waals surface area contributed by atoms with Gasteiger partial charge in [0, 0.05) is 43.8 Å². The molecule has 1 N–H and O–H groups in total. The van der Waals surface area contributed by atoms with E-state index < -0.39 is 17.1 Å². The van der Waals surface area contributed by atoms with E-state index in [1.54, 1.807) is 47.2 Å². The van der Waals surface area contributed by atoms with Gasteiger partial charge in [-0.25, -0.2) is 4.39 Å². The van der Waals surface area contributed by atoms with Crippen LogP contribution in [0.15, 0.2) is 48.9 Å². The summed E-state index contributed by atoms with van der Waals surface area (Å²) >= 11 is 0. The maximum atomic E-state index is 14.2. The summed E-state index contributed by atoms with van der Waals surface area (Å²) in [7, 11) is 1.78. The van der Waals surface area contributed by atoms with Crippen molar-refractivity contribution in [1.82, 2.24) is 20.1 Å². The normalized spacial score (nSPS) is 19.8. The molecule has 2 aromatic heterocycles. The number of carbonyl (C=O) groups is 2. The number of benzene rings is 1. The van der Waals surface area contributed by atoms with Gasteiger partial charge in [-0.15, -0.1) is 0 Å². The third-order valence-electron chi connectivity index (χ3n) is 6.57. The lowest BCUT2D eigenvalue weighted by Gasteiger charge is -2.21. The zero-order chi connectivity index (χ0) is 23.9. The molecule has 1 aromatic carbocycles. The molecule has 1 saturated carbocycles. The fourth-order valence-electron chi connectivity index (χ4n) is 4.61. The summed E-state index contributed by atoms with van der Waals surface area (Å²) in [5.74, 6) is -0.912. The molecule has 2 fully saturated rings. The van der Waals surface area contributed by atoms with Gasteiger partial charge in [0.15, 0.2) is 0 Å². The molecule has 3 heterocycles.